The number of ether oxygens (including phenoxy) is 3. The maximum Gasteiger partial charge on any atom is 0.327 e. The van der Waals surface area contributed by atoms with Crippen molar-refractivity contribution in [2.24, 2.45) is 0 Å². The van der Waals surface area contributed by atoms with Gasteiger partial charge in [0.1, 0.15) is 16.7 Å². The topological polar surface area (TPSA) is 162 Å². The minimum Gasteiger partial charge on any atom is -0.465 e. The van der Waals surface area contributed by atoms with Crippen LogP contribution in [0.2, 0.25) is 0 Å². The second kappa shape index (κ2) is 11.6. The van der Waals surface area contributed by atoms with Crippen molar-refractivity contribution in [3.63, 3.8) is 0 Å². The predicted molar refractivity (Wildman–Crippen MR) is 105 cm³/mol. The van der Waals surface area contributed by atoms with Crippen molar-refractivity contribution >= 4 is 39.5 Å². The number of nitrogens with zero attached hydrogens (tertiary/aromatic N) is 1. The molecule has 166 valence electrons. The van der Waals surface area contributed by atoms with Crippen LogP contribution in [0.15, 0.2) is 18.2 Å². The molecule has 0 atom stereocenters. The van der Waals surface area contributed by atoms with Crippen LogP contribution in [0.1, 0.15) is 38.7 Å². The lowest BCUT2D eigenvalue weighted by Gasteiger charge is -2.15. The number of carbonyl (C=O) groups is 3. The molecule has 0 radical (unpaired) electrons. The van der Waals surface area contributed by atoms with Crippen LogP contribution in [0, 0.1) is 10.1 Å². The van der Waals surface area contributed by atoms with E-state index in [4.69, 9.17) is 19.7 Å². The normalized spacial score (nSPS) is 11.1. The van der Waals surface area contributed by atoms with Gasteiger partial charge < -0.3 is 24.4 Å². The lowest BCUT2D eigenvalue weighted by molar-refractivity contribution is -0.385. The summed E-state index contributed by atoms with van der Waals surface area (Å²) < 4.78 is 13.8. The maximum atomic E-state index is 11.9. The number of hydrogen-bond acceptors (Lipinski definition) is 10. The molecule has 12 heteroatoms. The number of rotatable bonds is 11. The summed E-state index contributed by atoms with van der Waals surface area (Å²) in [5, 5.41) is 28.5. The molecule has 0 unspecified atom stereocenters. The minimum atomic E-state index is -1.60. The van der Waals surface area contributed by atoms with Gasteiger partial charge in [-0.2, -0.15) is 0 Å². The van der Waals surface area contributed by atoms with Crippen LogP contribution in [0.3, 0.4) is 0 Å². The average molecular weight is 492 g/mol. The first-order valence-corrected chi connectivity index (χ1v) is 9.55. The Bertz CT molecular complexity index is 788. The third-order valence-corrected chi connectivity index (χ3v) is 3.83. The molecule has 0 aliphatic rings. The molecular weight excluding hydrogens is 470 g/mol. The van der Waals surface area contributed by atoms with Crippen molar-refractivity contribution < 1.29 is 43.7 Å². The number of carbonyl (C=O) groups excluding carboxylic acids is 3. The van der Waals surface area contributed by atoms with Gasteiger partial charge in [0.05, 0.1) is 29.9 Å². The zero-order valence-electron chi connectivity index (χ0n) is 16.3. The summed E-state index contributed by atoms with van der Waals surface area (Å²) in [4.78, 5) is 45.7. The third-order valence-electron chi connectivity index (χ3n) is 3.50. The van der Waals surface area contributed by atoms with Gasteiger partial charge >= 0.3 is 17.9 Å². The van der Waals surface area contributed by atoms with Gasteiger partial charge in [0.15, 0.2) is 6.29 Å². The largest absolute Gasteiger partial charge is 0.465 e. The van der Waals surface area contributed by atoms with Crippen molar-refractivity contribution in [3.8, 4) is 5.75 Å². The number of esters is 3. The fourth-order valence-corrected chi connectivity index (χ4v) is 2.01. The fraction of sp³-hybridized carbons (Fsp3) is 0.500. The number of aliphatic hydroxyl groups excluding tert-OH is 1. The first kappa shape index (κ1) is 25.5. The Labute approximate surface area is 180 Å². The summed E-state index contributed by atoms with van der Waals surface area (Å²) in [5.74, 6) is -2.11. The van der Waals surface area contributed by atoms with E-state index in [0.29, 0.717) is 0 Å². The molecule has 1 rings (SSSR count). The molecule has 1 aromatic rings. The highest BCUT2D eigenvalue weighted by Gasteiger charge is 2.27. The zero-order valence-corrected chi connectivity index (χ0v) is 17.9. The Kier molecular flexibility index (Phi) is 9.82. The average Bonchev–Trinajstić information content (AvgIpc) is 2.63. The molecule has 0 spiro atoms. The van der Waals surface area contributed by atoms with Crippen LogP contribution < -0.4 is 4.74 Å². The van der Waals surface area contributed by atoms with Gasteiger partial charge in [0.2, 0.25) is 0 Å². The Morgan fingerprint density at radius 2 is 1.77 bits per heavy atom. The molecule has 0 aliphatic heterocycles. The van der Waals surface area contributed by atoms with Crippen molar-refractivity contribution in [2.45, 2.75) is 50.3 Å². The van der Waals surface area contributed by atoms with E-state index in [1.807, 2.05) is 0 Å². The maximum absolute atomic E-state index is 11.9. The van der Waals surface area contributed by atoms with Crippen LogP contribution in [0.25, 0.3) is 0 Å². The minimum absolute atomic E-state index is 0.00513. The molecule has 30 heavy (non-hydrogen) atoms. The van der Waals surface area contributed by atoms with Crippen LogP contribution >= 0.6 is 15.9 Å². The SMILES string of the molecule is CC(C)(Br)C(=O)Oc1ccc([N+](=O)[O-])c(COC(=O)CCC(=O)OCCC(O)O)c1. The highest BCUT2D eigenvalue weighted by Crippen LogP contribution is 2.27. The Morgan fingerprint density at radius 1 is 1.17 bits per heavy atom. The number of nitro groups is 1. The van der Waals surface area contributed by atoms with Crippen LogP contribution in [-0.2, 0) is 30.5 Å². The predicted octanol–water partition coefficient (Wildman–Crippen LogP) is 1.74. The lowest BCUT2D eigenvalue weighted by atomic mass is 10.1. The fourth-order valence-electron chi connectivity index (χ4n) is 1.93. The van der Waals surface area contributed by atoms with Crippen molar-refractivity contribution in [2.75, 3.05) is 6.61 Å². The van der Waals surface area contributed by atoms with E-state index < -0.39 is 40.1 Å². The van der Waals surface area contributed by atoms with Gasteiger partial charge in [0.25, 0.3) is 5.69 Å². The van der Waals surface area contributed by atoms with Crippen molar-refractivity contribution in [1.82, 2.24) is 0 Å². The van der Waals surface area contributed by atoms with E-state index >= 15 is 0 Å². The third kappa shape index (κ3) is 9.29. The number of alkyl halides is 1. The summed E-state index contributed by atoms with van der Waals surface area (Å²) in [7, 11) is 0. The number of benzene rings is 1. The molecule has 0 saturated heterocycles. The number of halogens is 1. The van der Waals surface area contributed by atoms with Gasteiger partial charge in [-0.25, -0.2) is 0 Å². The van der Waals surface area contributed by atoms with E-state index in [1.165, 1.54) is 12.1 Å². The van der Waals surface area contributed by atoms with E-state index in [0.717, 1.165) is 6.07 Å². The van der Waals surface area contributed by atoms with Crippen LogP contribution in [-0.4, -0.2) is 50.3 Å². The van der Waals surface area contributed by atoms with Gasteiger partial charge in [0, 0.05) is 12.5 Å². The van der Waals surface area contributed by atoms with Gasteiger partial charge in [-0.3, -0.25) is 24.5 Å². The van der Waals surface area contributed by atoms with E-state index in [-0.39, 0.29) is 42.9 Å². The molecule has 11 nitrogen and oxygen atoms in total. The highest BCUT2D eigenvalue weighted by atomic mass is 79.9. The summed E-state index contributed by atoms with van der Waals surface area (Å²) in [6.07, 6.45) is -2.40. The number of nitro benzene ring substituents is 1. The second-order valence-corrected chi connectivity index (χ2v) is 8.54. The van der Waals surface area contributed by atoms with E-state index in [2.05, 4.69) is 20.7 Å². The smallest absolute Gasteiger partial charge is 0.327 e. The first-order valence-electron chi connectivity index (χ1n) is 8.76. The van der Waals surface area contributed by atoms with Crippen LogP contribution in [0.4, 0.5) is 5.69 Å². The molecule has 0 saturated carbocycles. The zero-order chi connectivity index (χ0) is 22.9. The molecule has 0 bridgehead atoms. The number of aliphatic hydroxyl groups is 2. The van der Waals surface area contributed by atoms with Gasteiger partial charge in [-0.05, 0) is 26.0 Å². The molecular formula is C18H22BrNO10. The Hall–Kier alpha value is -2.57. The van der Waals surface area contributed by atoms with Crippen LogP contribution in [0.5, 0.6) is 5.75 Å². The van der Waals surface area contributed by atoms with E-state index in [9.17, 15) is 24.5 Å². The summed E-state index contributed by atoms with van der Waals surface area (Å²) in [6, 6.07) is 3.59. The molecule has 2 N–H and O–H groups in total. The van der Waals surface area contributed by atoms with Crippen molar-refractivity contribution in [3.05, 3.63) is 33.9 Å². The molecule has 1 aromatic carbocycles. The second-order valence-electron chi connectivity index (χ2n) is 6.56. The molecule has 0 heterocycles. The highest BCUT2D eigenvalue weighted by molar-refractivity contribution is 9.10. The molecule has 0 aromatic heterocycles. The quantitative estimate of drug-likeness (QED) is 0.116. The number of hydrogen-bond donors (Lipinski definition) is 2. The Morgan fingerprint density at radius 3 is 2.30 bits per heavy atom. The molecule has 0 amide bonds. The summed E-state index contributed by atoms with van der Waals surface area (Å²) in [5.41, 5.74) is -0.326. The standard InChI is InChI=1S/C18H22BrNO10/c1-18(2,19)17(25)30-12-3-4-13(20(26)27)11(9-12)10-29-16(24)6-5-15(23)28-8-7-14(21)22/h3-4,9,14,21-22H,5-8,10H2,1-2H3. The first-order chi connectivity index (χ1) is 13.9. The van der Waals surface area contributed by atoms with Crippen molar-refractivity contribution in [1.29, 1.82) is 0 Å². The summed E-state index contributed by atoms with van der Waals surface area (Å²) >= 11 is 3.14. The monoisotopic (exact) mass is 491 g/mol. The molecule has 0 fully saturated rings. The van der Waals surface area contributed by atoms with E-state index in [1.54, 1.807) is 13.8 Å². The Balaban J connectivity index is 2.66. The molecule has 0 aliphatic carbocycles. The lowest BCUT2D eigenvalue weighted by Crippen LogP contribution is -2.29. The summed E-state index contributed by atoms with van der Waals surface area (Å²) in [6.45, 7) is 2.46. The van der Waals surface area contributed by atoms with Gasteiger partial charge in [-0.1, -0.05) is 15.9 Å². The van der Waals surface area contributed by atoms with Gasteiger partial charge in [-0.15, -0.1) is 0 Å².